The lowest BCUT2D eigenvalue weighted by Crippen LogP contribution is -2.41. The molecule has 2 aromatic rings. The molecule has 0 aromatic heterocycles. The lowest BCUT2D eigenvalue weighted by atomic mass is 9.77. The van der Waals surface area contributed by atoms with Crippen LogP contribution in [0.15, 0.2) is 42.5 Å². The van der Waals surface area contributed by atoms with Crippen LogP contribution in [-0.2, 0) is 9.31 Å². The van der Waals surface area contributed by atoms with E-state index in [1.165, 1.54) is 24.3 Å². The predicted molar refractivity (Wildman–Crippen MR) is 125 cm³/mol. The Kier molecular flexibility index (Phi) is 6.87. The Labute approximate surface area is 179 Å². The standard InChI is InChI=1S/C19H24BNO3.C4H8S/c1-18(2)19(3,4)24-20(23-18)16-11-8-14(12-17(16)22-5)13-6-9-15(21)10-7-13;1-2-4-5-3-1/h6-12H,21H2,1-5H3;1-4H2. The van der Waals surface area contributed by atoms with Crippen LogP contribution in [0.2, 0.25) is 0 Å². The van der Waals surface area contributed by atoms with E-state index in [9.17, 15) is 0 Å². The van der Waals surface area contributed by atoms with Gasteiger partial charge in [0.05, 0.1) is 18.3 Å². The molecule has 2 aromatic carbocycles. The minimum Gasteiger partial charge on any atom is -0.497 e. The molecule has 4 nitrogen and oxygen atoms in total. The molecule has 4 rings (SSSR count). The fourth-order valence-electron chi connectivity index (χ4n) is 3.24. The van der Waals surface area contributed by atoms with Gasteiger partial charge in [0.1, 0.15) is 5.75 Å². The van der Waals surface area contributed by atoms with Gasteiger partial charge in [0, 0.05) is 11.2 Å². The molecule has 29 heavy (non-hydrogen) atoms. The van der Waals surface area contributed by atoms with Crippen molar-refractivity contribution in [2.75, 3.05) is 24.3 Å². The Morgan fingerprint density at radius 2 is 1.45 bits per heavy atom. The molecule has 0 bridgehead atoms. The number of hydrogen-bond donors (Lipinski definition) is 1. The van der Waals surface area contributed by atoms with Crippen LogP contribution in [0.1, 0.15) is 40.5 Å². The van der Waals surface area contributed by atoms with Crippen LogP contribution in [0.5, 0.6) is 5.75 Å². The molecule has 0 radical (unpaired) electrons. The number of thioether (sulfide) groups is 1. The zero-order chi connectivity index (χ0) is 21.1. The molecule has 2 heterocycles. The summed E-state index contributed by atoms with van der Waals surface area (Å²) in [6.07, 6.45) is 2.93. The van der Waals surface area contributed by atoms with Gasteiger partial charge in [0.15, 0.2) is 0 Å². The highest BCUT2D eigenvalue weighted by Gasteiger charge is 2.52. The van der Waals surface area contributed by atoms with Crippen LogP contribution in [0.4, 0.5) is 5.69 Å². The average Bonchev–Trinajstić information content (AvgIpc) is 3.33. The smallest absolute Gasteiger partial charge is 0.497 e. The van der Waals surface area contributed by atoms with E-state index in [1.807, 2.05) is 64.1 Å². The molecule has 2 fully saturated rings. The molecule has 6 heteroatoms. The number of hydrogen-bond acceptors (Lipinski definition) is 5. The fourth-order valence-corrected chi connectivity index (χ4v) is 4.26. The van der Waals surface area contributed by atoms with Gasteiger partial charge in [-0.3, -0.25) is 0 Å². The quantitative estimate of drug-likeness (QED) is 0.581. The summed E-state index contributed by atoms with van der Waals surface area (Å²) in [5.41, 5.74) is 8.80. The largest absolute Gasteiger partial charge is 0.498 e. The fraction of sp³-hybridized carbons (Fsp3) is 0.478. The van der Waals surface area contributed by atoms with E-state index in [2.05, 4.69) is 17.8 Å². The lowest BCUT2D eigenvalue weighted by molar-refractivity contribution is 0.00578. The number of anilines is 1. The molecule has 0 saturated carbocycles. The van der Waals surface area contributed by atoms with E-state index in [-0.39, 0.29) is 11.2 Å². The summed E-state index contributed by atoms with van der Waals surface area (Å²) >= 11 is 2.07. The molecule has 2 aliphatic heterocycles. The Balaban J connectivity index is 0.000000419. The molecular formula is C23H32BNO3S. The van der Waals surface area contributed by atoms with E-state index in [0.29, 0.717) is 0 Å². The van der Waals surface area contributed by atoms with Crippen LogP contribution in [0.3, 0.4) is 0 Å². The van der Waals surface area contributed by atoms with E-state index >= 15 is 0 Å². The molecule has 0 atom stereocenters. The van der Waals surface area contributed by atoms with E-state index in [1.54, 1.807) is 7.11 Å². The molecular weight excluding hydrogens is 381 g/mol. The maximum Gasteiger partial charge on any atom is 0.498 e. The summed E-state index contributed by atoms with van der Waals surface area (Å²) < 4.78 is 17.9. The van der Waals surface area contributed by atoms with Crippen molar-refractivity contribution >= 4 is 30.0 Å². The van der Waals surface area contributed by atoms with Gasteiger partial charge in [0.2, 0.25) is 0 Å². The number of benzene rings is 2. The lowest BCUT2D eigenvalue weighted by Gasteiger charge is -2.32. The van der Waals surface area contributed by atoms with Gasteiger partial charge in [0.25, 0.3) is 0 Å². The van der Waals surface area contributed by atoms with Crippen LogP contribution in [-0.4, -0.2) is 36.9 Å². The van der Waals surface area contributed by atoms with Gasteiger partial charge < -0.3 is 19.8 Å². The van der Waals surface area contributed by atoms with Crippen LogP contribution < -0.4 is 15.9 Å². The third-order valence-corrected chi connectivity index (χ3v) is 6.97. The van der Waals surface area contributed by atoms with Crippen LogP contribution in [0.25, 0.3) is 11.1 Å². The first-order valence-electron chi connectivity index (χ1n) is 10.2. The highest BCUT2D eigenvalue weighted by atomic mass is 32.2. The number of nitrogens with two attached hydrogens (primary N) is 1. The van der Waals surface area contributed by atoms with Crippen molar-refractivity contribution in [2.24, 2.45) is 0 Å². The highest BCUT2D eigenvalue weighted by Crippen LogP contribution is 2.37. The maximum atomic E-state index is 6.14. The Morgan fingerprint density at radius 3 is 1.93 bits per heavy atom. The Hall–Kier alpha value is -1.63. The second-order valence-corrected chi connectivity index (χ2v) is 9.71. The highest BCUT2D eigenvalue weighted by molar-refractivity contribution is 7.99. The van der Waals surface area contributed by atoms with Gasteiger partial charge in [-0.2, -0.15) is 11.8 Å². The SMILES string of the molecule is C1CCSC1.COc1cc(-c2ccc(N)cc2)ccc1B1OC(C)(C)C(C)(C)O1. The Bertz CT molecular complexity index is 796. The normalized spacial score (nSPS) is 19.6. The van der Waals surface area contributed by atoms with E-state index in [0.717, 1.165) is 28.0 Å². The third-order valence-electron chi connectivity index (χ3n) is 5.81. The number of ether oxygens (including phenoxy) is 1. The molecule has 0 amide bonds. The first-order valence-corrected chi connectivity index (χ1v) is 11.4. The van der Waals surface area contributed by atoms with Gasteiger partial charge in [-0.05, 0) is 81.4 Å². The minimum atomic E-state index is -0.439. The van der Waals surface area contributed by atoms with Gasteiger partial charge in [-0.1, -0.05) is 24.3 Å². The van der Waals surface area contributed by atoms with Crippen molar-refractivity contribution in [1.29, 1.82) is 0 Å². The zero-order valence-corrected chi connectivity index (χ0v) is 19.0. The van der Waals surface area contributed by atoms with Gasteiger partial charge >= 0.3 is 7.12 Å². The summed E-state index contributed by atoms with van der Waals surface area (Å²) in [7, 11) is 1.22. The van der Waals surface area contributed by atoms with Crippen molar-refractivity contribution in [2.45, 2.75) is 51.7 Å². The second kappa shape index (κ2) is 9.03. The number of methoxy groups -OCH3 is 1. The molecule has 2 N–H and O–H groups in total. The van der Waals surface area contributed by atoms with Gasteiger partial charge in [-0.15, -0.1) is 0 Å². The summed E-state index contributed by atoms with van der Waals surface area (Å²) in [6, 6.07) is 13.8. The van der Waals surface area contributed by atoms with Crippen molar-refractivity contribution in [3.05, 3.63) is 42.5 Å². The zero-order valence-electron chi connectivity index (χ0n) is 18.2. The van der Waals surface area contributed by atoms with Gasteiger partial charge in [-0.25, -0.2) is 0 Å². The van der Waals surface area contributed by atoms with E-state index in [4.69, 9.17) is 19.8 Å². The van der Waals surface area contributed by atoms with Crippen molar-refractivity contribution < 1.29 is 14.0 Å². The predicted octanol–water partition coefficient (Wildman–Crippen LogP) is 4.76. The monoisotopic (exact) mass is 413 g/mol. The maximum absolute atomic E-state index is 6.14. The van der Waals surface area contributed by atoms with Crippen LogP contribution >= 0.6 is 11.8 Å². The van der Waals surface area contributed by atoms with Crippen molar-refractivity contribution in [3.8, 4) is 16.9 Å². The molecule has 0 aliphatic carbocycles. The molecule has 0 unspecified atom stereocenters. The molecule has 2 aliphatic rings. The first kappa shape index (κ1) is 22.1. The second-order valence-electron chi connectivity index (χ2n) is 8.49. The van der Waals surface area contributed by atoms with E-state index < -0.39 is 7.12 Å². The first-order chi connectivity index (χ1) is 13.7. The number of rotatable bonds is 3. The Morgan fingerprint density at radius 1 is 0.897 bits per heavy atom. The summed E-state index contributed by atoms with van der Waals surface area (Å²) in [4.78, 5) is 0. The molecule has 156 valence electrons. The molecule has 2 saturated heterocycles. The van der Waals surface area contributed by atoms with Crippen LogP contribution in [0, 0.1) is 0 Å². The average molecular weight is 413 g/mol. The van der Waals surface area contributed by atoms with Crippen molar-refractivity contribution in [3.63, 3.8) is 0 Å². The summed E-state index contributed by atoms with van der Waals surface area (Å²) in [6.45, 7) is 8.18. The number of nitrogen functional groups attached to an aromatic ring is 1. The topological polar surface area (TPSA) is 53.7 Å². The van der Waals surface area contributed by atoms with Crippen molar-refractivity contribution in [1.82, 2.24) is 0 Å². The molecule has 0 spiro atoms. The summed E-state index contributed by atoms with van der Waals surface area (Å²) in [5, 5.41) is 0. The minimum absolute atomic E-state index is 0.377. The third kappa shape index (κ3) is 5.11. The summed E-state index contributed by atoms with van der Waals surface area (Å²) in [5.74, 6) is 3.59.